The molecule has 0 saturated heterocycles. The number of hydrogen-bond donors (Lipinski definition) is 1. The first-order valence-corrected chi connectivity index (χ1v) is 7.05. The molecule has 19 heavy (non-hydrogen) atoms. The summed E-state index contributed by atoms with van der Waals surface area (Å²) < 4.78 is 5.34. The topological polar surface area (TPSA) is 46.5 Å². The molecule has 0 heterocycles. The third-order valence-electron chi connectivity index (χ3n) is 5.06. The van der Waals surface area contributed by atoms with Gasteiger partial charge in [-0.05, 0) is 60.3 Å². The van der Waals surface area contributed by atoms with Crippen molar-refractivity contribution >= 4 is 5.97 Å². The van der Waals surface area contributed by atoms with Gasteiger partial charge >= 0.3 is 5.97 Å². The highest BCUT2D eigenvalue weighted by Gasteiger charge is 2.48. The van der Waals surface area contributed by atoms with Gasteiger partial charge in [-0.3, -0.25) is 4.79 Å². The molecule has 1 fully saturated rings. The van der Waals surface area contributed by atoms with Crippen molar-refractivity contribution < 1.29 is 14.6 Å². The first-order valence-electron chi connectivity index (χ1n) is 7.05. The van der Waals surface area contributed by atoms with E-state index in [2.05, 4.69) is 12.1 Å². The van der Waals surface area contributed by atoms with Crippen LogP contribution in [0.3, 0.4) is 0 Å². The average molecular weight is 260 g/mol. The minimum Gasteiger partial charge on any atom is -0.497 e. The zero-order valence-corrected chi connectivity index (χ0v) is 11.3. The number of fused-ring (bicyclic) bond motifs is 2. The van der Waals surface area contributed by atoms with Crippen LogP contribution in [0.1, 0.15) is 43.2 Å². The van der Waals surface area contributed by atoms with Crippen molar-refractivity contribution in [3.63, 3.8) is 0 Å². The Kier molecular flexibility index (Phi) is 3.00. The van der Waals surface area contributed by atoms with Crippen LogP contribution in [0.2, 0.25) is 0 Å². The van der Waals surface area contributed by atoms with E-state index in [4.69, 9.17) is 9.84 Å². The van der Waals surface area contributed by atoms with Crippen LogP contribution < -0.4 is 4.74 Å². The average Bonchev–Trinajstić information content (AvgIpc) is 2.35. The molecular weight excluding hydrogens is 240 g/mol. The first kappa shape index (κ1) is 12.5. The zero-order valence-electron chi connectivity index (χ0n) is 11.3. The Morgan fingerprint density at radius 1 is 1.47 bits per heavy atom. The smallest absolute Gasteiger partial charge is 0.303 e. The van der Waals surface area contributed by atoms with Crippen LogP contribution in [0.5, 0.6) is 5.75 Å². The Balaban J connectivity index is 2.01. The van der Waals surface area contributed by atoms with Gasteiger partial charge in [0.05, 0.1) is 7.11 Å². The Bertz CT molecular complexity index is 503. The number of ether oxygens (including phenoxy) is 1. The van der Waals surface area contributed by atoms with Gasteiger partial charge in [-0.15, -0.1) is 0 Å². The third-order valence-corrected chi connectivity index (χ3v) is 5.06. The van der Waals surface area contributed by atoms with Crippen molar-refractivity contribution in [1.29, 1.82) is 0 Å². The van der Waals surface area contributed by atoms with Crippen molar-refractivity contribution in [2.24, 2.45) is 5.92 Å². The van der Waals surface area contributed by atoms with Crippen LogP contribution in [0.4, 0.5) is 0 Å². The van der Waals surface area contributed by atoms with Gasteiger partial charge in [-0.2, -0.15) is 0 Å². The summed E-state index contributed by atoms with van der Waals surface area (Å²) in [6, 6.07) is 6.32. The van der Waals surface area contributed by atoms with Crippen molar-refractivity contribution in [1.82, 2.24) is 0 Å². The van der Waals surface area contributed by atoms with Crippen LogP contribution in [0, 0.1) is 5.92 Å². The Morgan fingerprint density at radius 3 is 2.84 bits per heavy atom. The molecule has 2 aliphatic carbocycles. The Morgan fingerprint density at radius 2 is 2.26 bits per heavy atom. The molecule has 0 aliphatic heterocycles. The fourth-order valence-corrected chi connectivity index (χ4v) is 3.93. The highest BCUT2D eigenvalue weighted by Crippen LogP contribution is 2.55. The van der Waals surface area contributed by atoms with E-state index in [1.54, 1.807) is 7.11 Å². The van der Waals surface area contributed by atoms with Crippen LogP contribution in [-0.4, -0.2) is 18.2 Å². The van der Waals surface area contributed by atoms with Crippen LogP contribution >= 0.6 is 0 Å². The van der Waals surface area contributed by atoms with Gasteiger partial charge in [-0.25, -0.2) is 0 Å². The summed E-state index contributed by atoms with van der Waals surface area (Å²) in [5.41, 5.74) is 2.86. The van der Waals surface area contributed by atoms with Crippen LogP contribution in [0.25, 0.3) is 0 Å². The molecule has 102 valence electrons. The second-order valence-electron chi connectivity index (χ2n) is 5.87. The third kappa shape index (κ3) is 1.92. The quantitative estimate of drug-likeness (QED) is 0.908. The minimum absolute atomic E-state index is 0.112. The lowest BCUT2D eigenvalue weighted by molar-refractivity contribution is -0.139. The molecule has 3 heteroatoms. The predicted molar refractivity (Wildman–Crippen MR) is 72.6 cm³/mol. The second kappa shape index (κ2) is 4.55. The maximum atomic E-state index is 11.1. The zero-order chi connectivity index (χ0) is 13.5. The SMILES string of the molecule is COc1ccc2c(c1)C1(CCC1)C(CC(=O)O)CC2. The van der Waals surface area contributed by atoms with Crippen LogP contribution in [0.15, 0.2) is 18.2 Å². The molecular formula is C16H20O3. The van der Waals surface area contributed by atoms with Gasteiger partial charge in [0, 0.05) is 6.42 Å². The molecule has 2 aliphatic rings. The van der Waals surface area contributed by atoms with Gasteiger partial charge in [0.2, 0.25) is 0 Å². The van der Waals surface area contributed by atoms with Crippen molar-refractivity contribution in [2.45, 2.75) is 43.9 Å². The monoisotopic (exact) mass is 260 g/mol. The fraction of sp³-hybridized carbons (Fsp3) is 0.562. The molecule has 1 spiro atoms. The van der Waals surface area contributed by atoms with E-state index >= 15 is 0 Å². The van der Waals surface area contributed by atoms with Crippen LogP contribution in [-0.2, 0) is 16.6 Å². The second-order valence-corrected chi connectivity index (χ2v) is 5.87. The molecule has 1 aromatic carbocycles. The highest BCUT2D eigenvalue weighted by atomic mass is 16.5. The number of carboxylic acids is 1. The van der Waals surface area contributed by atoms with E-state index in [9.17, 15) is 4.79 Å². The van der Waals surface area contributed by atoms with Gasteiger partial charge in [-0.1, -0.05) is 12.5 Å². The molecule has 1 aromatic rings. The number of benzene rings is 1. The number of methoxy groups -OCH3 is 1. The van der Waals surface area contributed by atoms with Crippen molar-refractivity contribution in [3.05, 3.63) is 29.3 Å². The molecule has 3 nitrogen and oxygen atoms in total. The number of carbonyl (C=O) groups is 1. The van der Waals surface area contributed by atoms with E-state index in [-0.39, 0.29) is 5.41 Å². The number of aliphatic carboxylic acids is 1. The molecule has 1 atom stereocenters. The van der Waals surface area contributed by atoms with Gasteiger partial charge in [0.15, 0.2) is 0 Å². The standard InChI is InChI=1S/C16H20O3/c1-19-13-6-4-11-3-5-12(9-15(17)18)16(7-2-8-16)14(11)10-13/h4,6,10,12H,2-3,5,7-9H2,1H3,(H,17,18). The van der Waals surface area contributed by atoms with E-state index in [0.29, 0.717) is 12.3 Å². The molecule has 0 bridgehead atoms. The molecule has 0 aromatic heterocycles. The predicted octanol–water partition coefficient (Wildman–Crippen LogP) is 3.15. The normalized spacial score (nSPS) is 23.5. The molecule has 1 saturated carbocycles. The molecule has 3 rings (SSSR count). The molecule has 1 unspecified atom stereocenters. The largest absolute Gasteiger partial charge is 0.497 e. The summed E-state index contributed by atoms with van der Waals surface area (Å²) in [4.78, 5) is 11.1. The summed E-state index contributed by atoms with van der Waals surface area (Å²) in [5.74, 6) is 0.516. The number of carboxylic acid groups (broad SMARTS) is 1. The van der Waals surface area contributed by atoms with Crippen molar-refractivity contribution in [3.8, 4) is 5.75 Å². The summed E-state index contributed by atoms with van der Waals surface area (Å²) in [6.45, 7) is 0. The first-order chi connectivity index (χ1) is 9.15. The van der Waals surface area contributed by atoms with Crippen molar-refractivity contribution in [2.75, 3.05) is 7.11 Å². The number of rotatable bonds is 3. The van der Waals surface area contributed by atoms with Gasteiger partial charge in [0.25, 0.3) is 0 Å². The highest BCUT2D eigenvalue weighted by molar-refractivity contribution is 5.67. The van der Waals surface area contributed by atoms with E-state index in [1.165, 1.54) is 17.5 Å². The van der Waals surface area contributed by atoms with E-state index < -0.39 is 5.97 Å². The van der Waals surface area contributed by atoms with E-state index in [1.807, 2.05) is 6.07 Å². The summed E-state index contributed by atoms with van der Waals surface area (Å²) >= 11 is 0. The van der Waals surface area contributed by atoms with E-state index in [0.717, 1.165) is 31.4 Å². The minimum atomic E-state index is -0.664. The lowest BCUT2D eigenvalue weighted by Gasteiger charge is -2.51. The summed E-state index contributed by atoms with van der Waals surface area (Å²) in [6.07, 6.45) is 5.78. The molecule has 0 amide bonds. The molecule has 1 N–H and O–H groups in total. The fourth-order valence-electron chi connectivity index (χ4n) is 3.93. The lowest BCUT2D eigenvalue weighted by atomic mass is 9.52. The Hall–Kier alpha value is -1.51. The molecule has 0 radical (unpaired) electrons. The number of hydrogen-bond acceptors (Lipinski definition) is 2. The Labute approximate surface area is 113 Å². The van der Waals surface area contributed by atoms with Gasteiger partial charge in [0.1, 0.15) is 5.75 Å². The van der Waals surface area contributed by atoms with Gasteiger partial charge < -0.3 is 9.84 Å². The summed E-state index contributed by atoms with van der Waals surface area (Å²) in [5, 5.41) is 9.14. The summed E-state index contributed by atoms with van der Waals surface area (Å²) in [7, 11) is 1.69. The maximum absolute atomic E-state index is 11.1. The number of aryl methyl sites for hydroxylation is 1. The maximum Gasteiger partial charge on any atom is 0.303 e. The lowest BCUT2D eigenvalue weighted by Crippen LogP contribution is -2.46.